The molecule has 0 saturated heterocycles. The molecular formula is C13H15Ir-. The SMILES string of the molecule is CCC1(C2=[C-]CCC=C2)C=CC=C1.[Ir]. The van der Waals surface area contributed by atoms with Crippen LogP contribution in [-0.2, 0) is 20.1 Å². The average Bonchev–Trinajstić information content (AvgIpc) is 2.69. The fraction of sp³-hybridized carbons (Fsp3) is 0.385. The van der Waals surface area contributed by atoms with E-state index in [4.69, 9.17) is 0 Å². The molecule has 0 aromatic carbocycles. The Hall–Kier alpha value is -0.391. The van der Waals surface area contributed by atoms with Gasteiger partial charge in [0.1, 0.15) is 0 Å². The zero-order valence-corrected chi connectivity index (χ0v) is 10.8. The second kappa shape index (κ2) is 4.91. The smallest absolute Gasteiger partial charge is 0 e. The van der Waals surface area contributed by atoms with Gasteiger partial charge in [0, 0.05) is 20.1 Å². The molecule has 0 bridgehead atoms. The summed E-state index contributed by atoms with van der Waals surface area (Å²) in [7, 11) is 0. The average molecular weight is 363 g/mol. The van der Waals surface area contributed by atoms with Crippen molar-refractivity contribution in [3.8, 4) is 0 Å². The first-order chi connectivity index (χ1) is 6.37. The summed E-state index contributed by atoms with van der Waals surface area (Å²) in [6, 6.07) is 0. The molecule has 0 fully saturated rings. The largest absolute Gasteiger partial charge is 0.271 e. The van der Waals surface area contributed by atoms with Crippen molar-refractivity contribution in [2.24, 2.45) is 5.41 Å². The van der Waals surface area contributed by atoms with E-state index in [1.807, 2.05) is 0 Å². The van der Waals surface area contributed by atoms with E-state index in [0.29, 0.717) is 0 Å². The molecule has 0 unspecified atom stereocenters. The third-order valence-corrected chi connectivity index (χ3v) is 2.90. The van der Waals surface area contributed by atoms with E-state index < -0.39 is 0 Å². The van der Waals surface area contributed by atoms with Gasteiger partial charge in [0.05, 0.1) is 0 Å². The van der Waals surface area contributed by atoms with Gasteiger partial charge in [-0.25, -0.2) is 11.6 Å². The molecule has 0 atom stereocenters. The second-order valence-corrected chi connectivity index (χ2v) is 3.64. The van der Waals surface area contributed by atoms with E-state index in [9.17, 15) is 0 Å². The summed E-state index contributed by atoms with van der Waals surface area (Å²) in [5.74, 6) is 0. The van der Waals surface area contributed by atoms with Crippen LogP contribution in [0.15, 0.2) is 42.0 Å². The Morgan fingerprint density at radius 3 is 2.57 bits per heavy atom. The molecule has 0 aromatic heterocycles. The molecule has 77 valence electrons. The number of allylic oxidation sites excluding steroid dienone is 8. The molecule has 0 spiro atoms. The summed E-state index contributed by atoms with van der Waals surface area (Å²) in [4.78, 5) is 0. The van der Waals surface area contributed by atoms with Crippen molar-refractivity contribution in [2.75, 3.05) is 0 Å². The van der Waals surface area contributed by atoms with Crippen molar-refractivity contribution >= 4 is 0 Å². The van der Waals surface area contributed by atoms with E-state index in [2.05, 4.69) is 49.5 Å². The predicted molar refractivity (Wildman–Crippen MR) is 56.1 cm³/mol. The monoisotopic (exact) mass is 364 g/mol. The maximum absolute atomic E-state index is 3.48. The first kappa shape index (κ1) is 11.7. The van der Waals surface area contributed by atoms with Gasteiger partial charge in [-0.05, 0) is 11.8 Å². The summed E-state index contributed by atoms with van der Waals surface area (Å²) >= 11 is 0. The van der Waals surface area contributed by atoms with Crippen LogP contribution in [0, 0.1) is 11.5 Å². The normalized spacial score (nSPS) is 21.9. The molecule has 0 aliphatic heterocycles. The van der Waals surface area contributed by atoms with Gasteiger partial charge in [-0.3, -0.25) is 6.08 Å². The molecule has 0 N–H and O–H groups in total. The quantitative estimate of drug-likeness (QED) is 0.658. The summed E-state index contributed by atoms with van der Waals surface area (Å²) in [6.45, 7) is 2.23. The maximum atomic E-state index is 3.48. The van der Waals surface area contributed by atoms with E-state index in [1.165, 1.54) is 5.57 Å². The third-order valence-electron chi connectivity index (χ3n) is 2.90. The van der Waals surface area contributed by atoms with Gasteiger partial charge in [-0.1, -0.05) is 37.6 Å². The standard InChI is InChI=1S/C13H15.Ir/c1-2-13(10-6-7-11-13)12-8-4-3-5-9-12;/h4,6-8,10-11H,2-3,5H2,1H3;/q-1;. The third kappa shape index (κ3) is 1.99. The van der Waals surface area contributed by atoms with E-state index >= 15 is 0 Å². The predicted octanol–water partition coefficient (Wildman–Crippen LogP) is 3.59. The Balaban J connectivity index is 0.000000980. The Bertz CT molecular complexity index is 293. The van der Waals surface area contributed by atoms with Crippen LogP contribution in [0.1, 0.15) is 26.2 Å². The van der Waals surface area contributed by atoms with Gasteiger partial charge in [0.2, 0.25) is 0 Å². The fourth-order valence-electron chi connectivity index (χ4n) is 1.99. The van der Waals surface area contributed by atoms with E-state index in [-0.39, 0.29) is 25.5 Å². The van der Waals surface area contributed by atoms with Gasteiger partial charge >= 0.3 is 0 Å². The van der Waals surface area contributed by atoms with Crippen molar-refractivity contribution in [1.29, 1.82) is 0 Å². The van der Waals surface area contributed by atoms with Gasteiger partial charge in [0.15, 0.2) is 0 Å². The molecule has 0 amide bonds. The molecule has 2 aliphatic carbocycles. The van der Waals surface area contributed by atoms with Crippen LogP contribution in [0.5, 0.6) is 0 Å². The van der Waals surface area contributed by atoms with Crippen LogP contribution >= 0.6 is 0 Å². The number of hydrogen-bond acceptors (Lipinski definition) is 0. The maximum Gasteiger partial charge on any atom is 0 e. The van der Waals surface area contributed by atoms with Crippen LogP contribution in [0.25, 0.3) is 0 Å². The van der Waals surface area contributed by atoms with E-state index in [1.54, 1.807) is 0 Å². The van der Waals surface area contributed by atoms with Crippen molar-refractivity contribution in [3.63, 3.8) is 0 Å². The van der Waals surface area contributed by atoms with Crippen LogP contribution < -0.4 is 0 Å². The van der Waals surface area contributed by atoms with Gasteiger partial charge < -0.3 is 0 Å². The molecule has 0 heterocycles. The zero-order chi connectivity index (χ0) is 9.15. The van der Waals surface area contributed by atoms with Gasteiger partial charge in [-0.2, -0.15) is 6.08 Å². The van der Waals surface area contributed by atoms with Crippen molar-refractivity contribution < 1.29 is 20.1 Å². The van der Waals surface area contributed by atoms with E-state index in [0.717, 1.165) is 19.3 Å². The van der Waals surface area contributed by atoms with Gasteiger partial charge in [0.25, 0.3) is 0 Å². The molecule has 1 heteroatoms. The molecule has 0 saturated carbocycles. The Labute approximate surface area is 99.8 Å². The first-order valence-corrected chi connectivity index (χ1v) is 5.02. The molecule has 14 heavy (non-hydrogen) atoms. The molecular weight excluding hydrogens is 348 g/mol. The second-order valence-electron chi connectivity index (χ2n) is 3.64. The topological polar surface area (TPSA) is 0 Å². The number of rotatable bonds is 2. The molecule has 0 nitrogen and oxygen atoms in total. The van der Waals surface area contributed by atoms with Crippen LogP contribution in [0.2, 0.25) is 0 Å². The molecule has 2 rings (SSSR count). The fourth-order valence-corrected chi connectivity index (χ4v) is 1.99. The minimum Gasteiger partial charge on any atom is -0.271 e. The Kier molecular flexibility index (Phi) is 4.10. The first-order valence-electron chi connectivity index (χ1n) is 5.02. The molecule has 2 aliphatic rings. The summed E-state index contributed by atoms with van der Waals surface area (Å²) < 4.78 is 0. The van der Waals surface area contributed by atoms with Crippen molar-refractivity contribution in [1.82, 2.24) is 0 Å². The molecule has 1 radical (unpaired) electrons. The zero-order valence-electron chi connectivity index (χ0n) is 8.42. The Morgan fingerprint density at radius 1 is 1.36 bits per heavy atom. The summed E-state index contributed by atoms with van der Waals surface area (Å²) in [6.07, 6.45) is 20.2. The van der Waals surface area contributed by atoms with Crippen LogP contribution in [0.4, 0.5) is 0 Å². The summed E-state index contributed by atoms with van der Waals surface area (Å²) in [5, 5.41) is 0. The molecule has 0 aromatic rings. The van der Waals surface area contributed by atoms with Crippen molar-refractivity contribution in [2.45, 2.75) is 26.2 Å². The van der Waals surface area contributed by atoms with Gasteiger partial charge in [-0.15, -0.1) is 6.42 Å². The minimum atomic E-state index is 0. The van der Waals surface area contributed by atoms with Crippen molar-refractivity contribution in [3.05, 3.63) is 48.1 Å². The number of hydrogen-bond donors (Lipinski definition) is 0. The summed E-state index contributed by atoms with van der Waals surface area (Å²) in [5.41, 5.74) is 1.52. The van der Waals surface area contributed by atoms with Crippen LogP contribution in [0.3, 0.4) is 0 Å². The minimum absolute atomic E-state index is 0. The van der Waals surface area contributed by atoms with Crippen LogP contribution in [-0.4, -0.2) is 0 Å². The Morgan fingerprint density at radius 2 is 2.07 bits per heavy atom.